The van der Waals surface area contributed by atoms with Gasteiger partial charge in [0, 0.05) is 20.2 Å². The monoisotopic (exact) mass is 249 g/mol. The van der Waals surface area contributed by atoms with Gasteiger partial charge < -0.3 is 9.84 Å². The van der Waals surface area contributed by atoms with Gasteiger partial charge in [0.15, 0.2) is 0 Å². The van der Waals surface area contributed by atoms with Gasteiger partial charge in [-0.3, -0.25) is 9.69 Å². The molecule has 0 bridgehead atoms. The Morgan fingerprint density at radius 2 is 2.11 bits per heavy atom. The molecule has 0 aliphatic carbocycles. The smallest absolute Gasteiger partial charge is 0.317 e. The third-order valence-electron chi connectivity index (χ3n) is 2.56. The van der Waals surface area contributed by atoms with Crippen LogP contribution in [0, 0.1) is 0 Å². The number of nitrogens with zero attached hydrogens (tertiary/aromatic N) is 1. The number of hydrogen-bond acceptors (Lipinski definition) is 3. The van der Waals surface area contributed by atoms with Gasteiger partial charge in [-0.25, -0.2) is 0 Å². The molecule has 1 aromatic carbocycles. The zero-order valence-corrected chi connectivity index (χ0v) is 10.6. The summed E-state index contributed by atoms with van der Waals surface area (Å²) in [7, 11) is 1.65. The number of hydrogen-bond donors (Lipinski definition) is 1. The van der Waals surface area contributed by atoms with Crippen LogP contribution >= 0.6 is 0 Å². The van der Waals surface area contributed by atoms with E-state index in [0.29, 0.717) is 19.7 Å². The Kier molecular flexibility index (Phi) is 6.11. The summed E-state index contributed by atoms with van der Waals surface area (Å²) in [6.45, 7) is 5.32. The van der Waals surface area contributed by atoms with Crippen LogP contribution in [-0.4, -0.2) is 36.2 Å². The minimum Gasteiger partial charge on any atom is -0.480 e. The first-order valence-electron chi connectivity index (χ1n) is 5.78. The van der Waals surface area contributed by atoms with Crippen molar-refractivity contribution in [3.63, 3.8) is 0 Å². The fraction of sp³-hybridized carbons (Fsp3) is 0.357. The van der Waals surface area contributed by atoms with Crippen molar-refractivity contribution in [2.75, 3.05) is 20.2 Å². The average Bonchev–Trinajstić information content (AvgIpc) is 2.31. The lowest BCUT2D eigenvalue weighted by Gasteiger charge is -2.20. The molecule has 0 aliphatic heterocycles. The lowest BCUT2D eigenvalue weighted by molar-refractivity contribution is -0.138. The Morgan fingerprint density at radius 3 is 2.67 bits per heavy atom. The maximum absolute atomic E-state index is 10.8. The van der Waals surface area contributed by atoms with Crippen molar-refractivity contribution in [3.8, 4) is 0 Å². The van der Waals surface area contributed by atoms with Crippen LogP contribution in [0.5, 0.6) is 0 Å². The highest BCUT2D eigenvalue weighted by molar-refractivity contribution is 5.69. The Bertz CT molecular complexity index is 404. The van der Waals surface area contributed by atoms with Gasteiger partial charge in [-0.1, -0.05) is 30.3 Å². The number of carboxylic acid groups (broad SMARTS) is 1. The van der Waals surface area contributed by atoms with Crippen LogP contribution < -0.4 is 0 Å². The number of rotatable bonds is 8. The third-order valence-corrected chi connectivity index (χ3v) is 2.56. The molecule has 4 heteroatoms. The molecular formula is C14H19NO3. The molecule has 0 saturated carbocycles. The second-order valence-electron chi connectivity index (χ2n) is 4.05. The molecule has 0 radical (unpaired) electrons. The van der Waals surface area contributed by atoms with Crippen LogP contribution in [0.3, 0.4) is 0 Å². The van der Waals surface area contributed by atoms with Gasteiger partial charge in [0.1, 0.15) is 0 Å². The predicted molar refractivity (Wildman–Crippen MR) is 70.3 cm³/mol. The summed E-state index contributed by atoms with van der Waals surface area (Å²) in [6, 6.07) is 7.88. The van der Waals surface area contributed by atoms with Crippen LogP contribution in [0.4, 0.5) is 0 Å². The first-order chi connectivity index (χ1) is 8.67. The summed E-state index contributed by atoms with van der Waals surface area (Å²) in [5, 5.41) is 8.86. The van der Waals surface area contributed by atoms with Crippen molar-refractivity contribution < 1.29 is 14.6 Å². The van der Waals surface area contributed by atoms with E-state index in [1.807, 2.05) is 29.2 Å². The van der Waals surface area contributed by atoms with Crippen molar-refractivity contribution in [3.05, 3.63) is 48.0 Å². The predicted octanol–water partition coefficient (Wildman–Crippen LogP) is 1.91. The molecule has 0 spiro atoms. The van der Waals surface area contributed by atoms with E-state index in [0.717, 1.165) is 11.1 Å². The third kappa shape index (κ3) is 4.69. The van der Waals surface area contributed by atoms with E-state index in [2.05, 4.69) is 6.58 Å². The van der Waals surface area contributed by atoms with Gasteiger partial charge in [-0.05, 0) is 11.1 Å². The number of methoxy groups -OCH3 is 1. The summed E-state index contributed by atoms with van der Waals surface area (Å²) < 4.78 is 5.14. The Hall–Kier alpha value is -1.65. The summed E-state index contributed by atoms with van der Waals surface area (Å²) >= 11 is 0. The molecule has 98 valence electrons. The number of carbonyl (C=O) groups is 1. The van der Waals surface area contributed by atoms with Crippen molar-refractivity contribution in [1.29, 1.82) is 0 Å². The van der Waals surface area contributed by atoms with Gasteiger partial charge in [-0.15, -0.1) is 6.58 Å². The van der Waals surface area contributed by atoms with E-state index in [1.165, 1.54) is 0 Å². The topological polar surface area (TPSA) is 49.8 Å². The van der Waals surface area contributed by atoms with Gasteiger partial charge in [-0.2, -0.15) is 0 Å². The highest BCUT2D eigenvalue weighted by Gasteiger charge is 2.10. The SMILES string of the molecule is C=CCN(CC(=O)O)Cc1ccccc1COC. The van der Waals surface area contributed by atoms with E-state index in [-0.39, 0.29) is 6.54 Å². The largest absolute Gasteiger partial charge is 0.480 e. The van der Waals surface area contributed by atoms with Crippen LogP contribution in [0.25, 0.3) is 0 Å². The Morgan fingerprint density at radius 1 is 1.44 bits per heavy atom. The van der Waals surface area contributed by atoms with E-state index in [1.54, 1.807) is 13.2 Å². The Labute approximate surface area is 107 Å². The maximum Gasteiger partial charge on any atom is 0.317 e. The number of benzene rings is 1. The van der Waals surface area contributed by atoms with Crippen molar-refractivity contribution in [1.82, 2.24) is 4.90 Å². The molecule has 0 heterocycles. The molecule has 4 nitrogen and oxygen atoms in total. The average molecular weight is 249 g/mol. The second-order valence-corrected chi connectivity index (χ2v) is 4.05. The van der Waals surface area contributed by atoms with Crippen LogP contribution in [0.1, 0.15) is 11.1 Å². The van der Waals surface area contributed by atoms with Gasteiger partial charge in [0.25, 0.3) is 0 Å². The molecular weight excluding hydrogens is 230 g/mol. The van der Waals surface area contributed by atoms with E-state index in [9.17, 15) is 4.79 Å². The standard InChI is InChI=1S/C14H19NO3/c1-3-8-15(10-14(16)17)9-12-6-4-5-7-13(12)11-18-2/h3-7H,1,8-11H2,2H3,(H,16,17). The van der Waals surface area contributed by atoms with Gasteiger partial charge in [0.05, 0.1) is 13.2 Å². The van der Waals surface area contributed by atoms with Crippen molar-refractivity contribution in [2.45, 2.75) is 13.2 Å². The molecule has 18 heavy (non-hydrogen) atoms. The minimum atomic E-state index is -0.832. The van der Waals surface area contributed by atoms with E-state index >= 15 is 0 Å². The lowest BCUT2D eigenvalue weighted by atomic mass is 10.1. The first-order valence-corrected chi connectivity index (χ1v) is 5.78. The molecule has 0 aliphatic rings. The molecule has 0 amide bonds. The summed E-state index contributed by atoms with van der Waals surface area (Å²) in [5.74, 6) is -0.832. The zero-order chi connectivity index (χ0) is 13.4. The van der Waals surface area contributed by atoms with Crippen molar-refractivity contribution >= 4 is 5.97 Å². The molecule has 0 atom stereocenters. The molecule has 1 aromatic rings. The van der Waals surface area contributed by atoms with E-state index < -0.39 is 5.97 Å². The zero-order valence-electron chi connectivity index (χ0n) is 10.6. The number of ether oxygens (including phenoxy) is 1. The molecule has 1 rings (SSSR count). The lowest BCUT2D eigenvalue weighted by Crippen LogP contribution is -2.29. The maximum atomic E-state index is 10.8. The normalized spacial score (nSPS) is 10.6. The fourth-order valence-corrected chi connectivity index (χ4v) is 1.81. The summed E-state index contributed by atoms with van der Waals surface area (Å²) in [5.41, 5.74) is 2.17. The van der Waals surface area contributed by atoms with Crippen molar-refractivity contribution in [2.24, 2.45) is 0 Å². The van der Waals surface area contributed by atoms with Crippen LogP contribution in [0.15, 0.2) is 36.9 Å². The highest BCUT2D eigenvalue weighted by atomic mass is 16.5. The Balaban J connectivity index is 2.78. The molecule has 1 N–H and O–H groups in total. The second kappa shape index (κ2) is 7.63. The van der Waals surface area contributed by atoms with Crippen LogP contribution in [0.2, 0.25) is 0 Å². The number of carboxylic acids is 1. The van der Waals surface area contributed by atoms with Gasteiger partial charge in [0.2, 0.25) is 0 Å². The summed E-state index contributed by atoms with van der Waals surface area (Å²) in [6.07, 6.45) is 1.71. The minimum absolute atomic E-state index is 0.00728. The van der Waals surface area contributed by atoms with E-state index in [4.69, 9.17) is 9.84 Å². The molecule has 0 aromatic heterocycles. The quantitative estimate of drug-likeness (QED) is 0.715. The van der Waals surface area contributed by atoms with Gasteiger partial charge >= 0.3 is 5.97 Å². The molecule has 0 fully saturated rings. The molecule has 0 unspecified atom stereocenters. The number of aliphatic carboxylic acids is 1. The highest BCUT2D eigenvalue weighted by Crippen LogP contribution is 2.12. The summed E-state index contributed by atoms with van der Waals surface area (Å²) in [4.78, 5) is 12.6. The molecule has 0 saturated heterocycles. The van der Waals surface area contributed by atoms with Crippen LogP contribution in [-0.2, 0) is 22.7 Å². The fourth-order valence-electron chi connectivity index (χ4n) is 1.81. The first kappa shape index (κ1) is 14.4.